The minimum absolute atomic E-state index is 0.0965. The van der Waals surface area contributed by atoms with E-state index in [9.17, 15) is 9.59 Å². The maximum atomic E-state index is 12.4. The van der Waals surface area contributed by atoms with E-state index >= 15 is 0 Å². The lowest BCUT2D eigenvalue weighted by Gasteiger charge is -2.40. The Hall–Kier alpha value is -2.33. The number of carbonyl (C=O) groups excluding carboxylic acids is 2. The van der Waals surface area contributed by atoms with Crippen molar-refractivity contribution >= 4 is 29.1 Å². The molecule has 0 radical (unpaired) electrons. The van der Waals surface area contributed by atoms with Crippen LogP contribution in [0.4, 0.5) is 5.69 Å². The Morgan fingerprint density at radius 1 is 1.04 bits per heavy atom. The quantitative estimate of drug-likeness (QED) is 0.845. The molecule has 2 aromatic carbocycles. The first kappa shape index (κ1) is 17.5. The third-order valence-electron chi connectivity index (χ3n) is 4.78. The normalized spacial score (nSPS) is 15.1. The Kier molecular flexibility index (Phi) is 5.09. The highest BCUT2D eigenvalue weighted by atomic mass is 35.5. The van der Waals surface area contributed by atoms with Crippen LogP contribution in [-0.4, -0.2) is 18.4 Å². The van der Waals surface area contributed by atoms with Gasteiger partial charge in [-0.15, -0.1) is 0 Å². The van der Waals surface area contributed by atoms with Gasteiger partial charge in [-0.2, -0.15) is 0 Å². The number of likely N-dealkylation sites (N-methyl/N-ethyl adjacent to an activating group) is 1. The van der Waals surface area contributed by atoms with Crippen LogP contribution in [0.15, 0.2) is 48.5 Å². The Morgan fingerprint density at radius 2 is 1.68 bits per heavy atom. The molecule has 0 aromatic heterocycles. The smallest absolute Gasteiger partial charge is 0.255 e. The molecule has 0 atom stereocenters. The van der Waals surface area contributed by atoms with E-state index in [1.165, 1.54) is 0 Å². The van der Waals surface area contributed by atoms with Crippen molar-refractivity contribution in [2.45, 2.75) is 31.6 Å². The van der Waals surface area contributed by atoms with Crippen LogP contribution in [0.2, 0.25) is 5.02 Å². The molecule has 2 aromatic rings. The molecule has 0 unspecified atom stereocenters. The molecule has 0 bridgehead atoms. The fourth-order valence-electron chi connectivity index (χ4n) is 3.18. The highest BCUT2D eigenvalue weighted by molar-refractivity contribution is 6.30. The number of benzene rings is 2. The van der Waals surface area contributed by atoms with E-state index in [1.807, 2.05) is 31.2 Å². The number of rotatable bonds is 5. The first-order valence-electron chi connectivity index (χ1n) is 8.51. The summed E-state index contributed by atoms with van der Waals surface area (Å²) in [7, 11) is 0. The highest BCUT2D eigenvalue weighted by Gasteiger charge is 2.45. The molecule has 0 spiro atoms. The Bertz CT molecular complexity index is 765. The molecular formula is C20H21ClN2O2. The molecule has 0 heterocycles. The topological polar surface area (TPSA) is 58.2 Å². The zero-order valence-corrected chi connectivity index (χ0v) is 14.9. The molecule has 4 nitrogen and oxygen atoms in total. The first-order chi connectivity index (χ1) is 12.0. The minimum Gasteiger partial charge on any atom is -0.356 e. The summed E-state index contributed by atoms with van der Waals surface area (Å²) in [6.45, 7) is 2.56. The van der Waals surface area contributed by atoms with E-state index < -0.39 is 5.41 Å². The van der Waals surface area contributed by atoms with Crippen molar-refractivity contribution in [2.75, 3.05) is 11.9 Å². The SMILES string of the molecule is CCNC(=O)C1(c2ccc(NC(=O)c3ccc(Cl)cc3)cc2)CCC1. The van der Waals surface area contributed by atoms with Gasteiger partial charge in [0, 0.05) is 22.8 Å². The zero-order valence-electron chi connectivity index (χ0n) is 14.1. The minimum atomic E-state index is -0.408. The summed E-state index contributed by atoms with van der Waals surface area (Å²) in [6, 6.07) is 14.3. The number of amides is 2. The second kappa shape index (κ2) is 7.28. The van der Waals surface area contributed by atoms with Crippen LogP contribution in [0.25, 0.3) is 0 Å². The fourth-order valence-corrected chi connectivity index (χ4v) is 3.31. The predicted molar refractivity (Wildman–Crippen MR) is 100 cm³/mol. The summed E-state index contributed by atoms with van der Waals surface area (Å²) < 4.78 is 0. The fraction of sp³-hybridized carbons (Fsp3) is 0.300. The standard InChI is InChI=1S/C20H21ClN2O2/c1-2-22-19(25)20(12-3-13-20)15-6-10-17(11-7-15)23-18(24)14-4-8-16(21)9-5-14/h4-11H,2-3,12-13H2,1H3,(H,22,25)(H,23,24). The van der Waals surface area contributed by atoms with Crippen LogP contribution >= 0.6 is 11.6 Å². The highest BCUT2D eigenvalue weighted by Crippen LogP contribution is 2.44. The van der Waals surface area contributed by atoms with Crippen molar-refractivity contribution in [3.8, 4) is 0 Å². The van der Waals surface area contributed by atoms with Crippen molar-refractivity contribution in [3.63, 3.8) is 0 Å². The monoisotopic (exact) mass is 356 g/mol. The second-order valence-electron chi connectivity index (χ2n) is 6.33. The third kappa shape index (κ3) is 3.54. The lowest BCUT2D eigenvalue weighted by molar-refractivity contribution is -0.129. The van der Waals surface area contributed by atoms with Gasteiger partial charge in [-0.05, 0) is 61.7 Å². The molecule has 1 saturated carbocycles. The number of halogens is 1. The van der Waals surface area contributed by atoms with Gasteiger partial charge < -0.3 is 10.6 Å². The average Bonchev–Trinajstić information content (AvgIpc) is 2.56. The molecule has 1 fully saturated rings. The van der Waals surface area contributed by atoms with E-state index in [0.29, 0.717) is 22.8 Å². The number of hydrogen-bond acceptors (Lipinski definition) is 2. The van der Waals surface area contributed by atoms with Crippen molar-refractivity contribution in [1.82, 2.24) is 5.32 Å². The summed E-state index contributed by atoms with van der Waals surface area (Å²) in [5.74, 6) is -0.0919. The molecule has 3 rings (SSSR count). The Labute approximate surface area is 152 Å². The third-order valence-corrected chi connectivity index (χ3v) is 5.03. The largest absolute Gasteiger partial charge is 0.356 e. The maximum absolute atomic E-state index is 12.4. The van der Waals surface area contributed by atoms with Gasteiger partial charge in [-0.3, -0.25) is 9.59 Å². The molecule has 1 aliphatic carbocycles. The Balaban J connectivity index is 1.73. The molecular weight excluding hydrogens is 336 g/mol. The number of carbonyl (C=O) groups is 2. The molecule has 2 amide bonds. The van der Waals surface area contributed by atoms with Crippen LogP contribution in [0.5, 0.6) is 0 Å². The van der Waals surface area contributed by atoms with Crippen molar-refractivity contribution < 1.29 is 9.59 Å². The summed E-state index contributed by atoms with van der Waals surface area (Å²) in [6.07, 6.45) is 2.80. The van der Waals surface area contributed by atoms with Crippen LogP contribution in [0, 0.1) is 0 Å². The number of nitrogens with one attached hydrogen (secondary N) is 2. The second-order valence-corrected chi connectivity index (χ2v) is 6.77. The van der Waals surface area contributed by atoms with E-state index in [4.69, 9.17) is 11.6 Å². The number of hydrogen-bond donors (Lipinski definition) is 2. The van der Waals surface area contributed by atoms with E-state index in [1.54, 1.807) is 24.3 Å². The van der Waals surface area contributed by atoms with E-state index in [-0.39, 0.29) is 11.8 Å². The maximum Gasteiger partial charge on any atom is 0.255 e. The van der Waals surface area contributed by atoms with Gasteiger partial charge in [0.15, 0.2) is 0 Å². The van der Waals surface area contributed by atoms with Gasteiger partial charge in [0.1, 0.15) is 0 Å². The zero-order chi connectivity index (χ0) is 17.9. The molecule has 130 valence electrons. The van der Waals surface area contributed by atoms with Crippen molar-refractivity contribution in [3.05, 3.63) is 64.7 Å². The predicted octanol–water partition coefficient (Wildman–Crippen LogP) is 4.15. The molecule has 5 heteroatoms. The number of anilines is 1. The summed E-state index contributed by atoms with van der Waals surface area (Å²) in [4.78, 5) is 24.7. The molecule has 2 N–H and O–H groups in total. The van der Waals surface area contributed by atoms with Crippen molar-refractivity contribution in [2.24, 2.45) is 0 Å². The summed E-state index contributed by atoms with van der Waals surface area (Å²) in [5.41, 5.74) is 1.85. The molecule has 25 heavy (non-hydrogen) atoms. The first-order valence-corrected chi connectivity index (χ1v) is 8.89. The molecule has 0 aliphatic heterocycles. The summed E-state index contributed by atoms with van der Waals surface area (Å²) >= 11 is 5.84. The van der Waals surface area contributed by atoms with Gasteiger partial charge in [0.2, 0.25) is 5.91 Å². The van der Waals surface area contributed by atoms with Crippen molar-refractivity contribution in [1.29, 1.82) is 0 Å². The van der Waals surface area contributed by atoms with Gasteiger partial charge in [-0.1, -0.05) is 30.2 Å². The van der Waals surface area contributed by atoms with E-state index in [2.05, 4.69) is 10.6 Å². The van der Waals surface area contributed by atoms with Crippen LogP contribution in [0.1, 0.15) is 42.1 Å². The summed E-state index contributed by atoms with van der Waals surface area (Å²) in [5, 5.41) is 6.40. The molecule has 1 aliphatic rings. The lowest BCUT2D eigenvalue weighted by Crippen LogP contribution is -2.49. The van der Waals surface area contributed by atoms with Gasteiger partial charge >= 0.3 is 0 Å². The average molecular weight is 357 g/mol. The van der Waals surface area contributed by atoms with E-state index in [0.717, 1.165) is 24.8 Å². The molecule has 0 saturated heterocycles. The lowest BCUT2D eigenvalue weighted by atomic mass is 9.64. The van der Waals surface area contributed by atoms with Crippen LogP contribution in [-0.2, 0) is 10.2 Å². The van der Waals surface area contributed by atoms with Gasteiger partial charge in [0.25, 0.3) is 5.91 Å². The van der Waals surface area contributed by atoms with Gasteiger partial charge in [0.05, 0.1) is 5.41 Å². The Morgan fingerprint density at radius 3 is 2.20 bits per heavy atom. The van der Waals surface area contributed by atoms with Gasteiger partial charge in [-0.25, -0.2) is 0 Å². The van der Waals surface area contributed by atoms with Crippen LogP contribution < -0.4 is 10.6 Å². The van der Waals surface area contributed by atoms with Crippen LogP contribution in [0.3, 0.4) is 0 Å².